The highest BCUT2D eigenvalue weighted by Gasteiger charge is 2.41. The highest BCUT2D eigenvalue weighted by atomic mass is 32.2. The summed E-state index contributed by atoms with van der Waals surface area (Å²) < 4.78 is 12.4. The van der Waals surface area contributed by atoms with Gasteiger partial charge in [-0.2, -0.15) is 11.8 Å². The van der Waals surface area contributed by atoms with Crippen LogP contribution in [0.5, 0.6) is 5.75 Å². The van der Waals surface area contributed by atoms with E-state index in [2.05, 4.69) is 25.1 Å². The standard InChI is InChI=1S/C17H25NO2S/c1-13-2-3-16(14(10-13)4-7-18)20-15-5-8-19-17(11-15)6-9-21-12-17/h2-3,10,15H,4-9,11-12,18H2,1H3. The Balaban J connectivity index is 1.71. The molecule has 2 fully saturated rings. The molecule has 3 rings (SSSR count). The molecule has 2 unspecified atom stereocenters. The van der Waals surface area contributed by atoms with Crippen LogP contribution < -0.4 is 10.5 Å². The summed E-state index contributed by atoms with van der Waals surface area (Å²) >= 11 is 2.00. The predicted molar refractivity (Wildman–Crippen MR) is 88.2 cm³/mol. The Morgan fingerprint density at radius 3 is 3.14 bits per heavy atom. The minimum Gasteiger partial charge on any atom is -0.490 e. The van der Waals surface area contributed by atoms with Crippen molar-refractivity contribution < 1.29 is 9.47 Å². The number of hydrogen-bond donors (Lipinski definition) is 1. The van der Waals surface area contributed by atoms with Gasteiger partial charge in [0.25, 0.3) is 0 Å². The lowest BCUT2D eigenvalue weighted by Crippen LogP contribution is -2.43. The molecule has 2 aliphatic heterocycles. The summed E-state index contributed by atoms with van der Waals surface area (Å²) in [5.41, 5.74) is 8.30. The average Bonchev–Trinajstić information content (AvgIpc) is 2.90. The van der Waals surface area contributed by atoms with Gasteiger partial charge in [-0.15, -0.1) is 0 Å². The Labute approximate surface area is 131 Å². The Kier molecular flexibility index (Phi) is 4.77. The van der Waals surface area contributed by atoms with E-state index in [1.54, 1.807) is 0 Å². The number of benzene rings is 1. The van der Waals surface area contributed by atoms with Crippen molar-refractivity contribution in [2.24, 2.45) is 5.73 Å². The van der Waals surface area contributed by atoms with E-state index in [9.17, 15) is 0 Å². The maximum absolute atomic E-state index is 6.34. The Bertz CT molecular complexity index is 486. The molecule has 2 saturated heterocycles. The first-order chi connectivity index (χ1) is 10.2. The lowest BCUT2D eigenvalue weighted by Gasteiger charge is -2.37. The second-order valence-electron chi connectivity index (χ2n) is 6.22. The Morgan fingerprint density at radius 1 is 1.48 bits per heavy atom. The highest BCUT2D eigenvalue weighted by Crippen LogP contribution is 2.39. The first kappa shape index (κ1) is 15.2. The van der Waals surface area contributed by atoms with Crippen molar-refractivity contribution in [3.8, 4) is 5.75 Å². The largest absolute Gasteiger partial charge is 0.490 e. The van der Waals surface area contributed by atoms with Crippen LogP contribution in [-0.4, -0.2) is 36.4 Å². The highest BCUT2D eigenvalue weighted by molar-refractivity contribution is 7.99. The van der Waals surface area contributed by atoms with E-state index in [1.807, 2.05) is 11.8 Å². The van der Waals surface area contributed by atoms with Gasteiger partial charge in [-0.1, -0.05) is 17.7 Å². The fourth-order valence-corrected chi connectivity index (χ4v) is 4.68. The molecule has 2 atom stereocenters. The van der Waals surface area contributed by atoms with E-state index in [1.165, 1.54) is 23.3 Å². The summed E-state index contributed by atoms with van der Waals surface area (Å²) in [6, 6.07) is 6.42. The first-order valence-corrected chi connectivity index (χ1v) is 9.04. The molecule has 0 aliphatic carbocycles. The summed E-state index contributed by atoms with van der Waals surface area (Å²) in [6.45, 7) is 3.60. The minimum atomic E-state index is 0.0757. The van der Waals surface area contributed by atoms with Crippen molar-refractivity contribution in [3.05, 3.63) is 29.3 Å². The number of nitrogens with two attached hydrogens (primary N) is 1. The second-order valence-corrected chi connectivity index (χ2v) is 7.32. The zero-order valence-corrected chi connectivity index (χ0v) is 13.6. The zero-order chi connectivity index (χ0) is 14.7. The molecular weight excluding hydrogens is 282 g/mol. The van der Waals surface area contributed by atoms with Crippen LogP contribution in [0.15, 0.2) is 18.2 Å². The molecule has 1 aromatic rings. The van der Waals surface area contributed by atoms with Crippen molar-refractivity contribution >= 4 is 11.8 Å². The second kappa shape index (κ2) is 6.59. The first-order valence-electron chi connectivity index (χ1n) is 7.89. The quantitative estimate of drug-likeness (QED) is 0.929. The molecule has 1 aromatic carbocycles. The third-order valence-electron chi connectivity index (χ3n) is 4.44. The number of aryl methyl sites for hydroxylation is 1. The molecule has 116 valence electrons. The maximum Gasteiger partial charge on any atom is 0.122 e. The van der Waals surface area contributed by atoms with Crippen LogP contribution in [0.25, 0.3) is 0 Å². The molecule has 21 heavy (non-hydrogen) atoms. The summed E-state index contributed by atoms with van der Waals surface area (Å²) in [7, 11) is 0. The molecule has 3 nitrogen and oxygen atoms in total. The maximum atomic E-state index is 6.34. The Morgan fingerprint density at radius 2 is 2.38 bits per heavy atom. The molecule has 2 aliphatic rings. The van der Waals surface area contributed by atoms with Crippen molar-refractivity contribution in [2.45, 2.75) is 44.3 Å². The number of thioether (sulfide) groups is 1. The summed E-state index contributed by atoms with van der Waals surface area (Å²) in [6.07, 6.45) is 4.33. The molecule has 0 aromatic heterocycles. The third-order valence-corrected chi connectivity index (χ3v) is 5.66. The SMILES string of the molecule is Cc1ccc(OC2CCOC3(CCSC3)C2)c(CCN)c1. The molecular formula is C17H25NO2S. The van der Waals surface area contributed by atoms with Gasteiger partial charge in [-0.25, -0.2) is 0 Å². The molecule has 1 spiro atoms. The van der Waals surface area contributed by atoms with E-state index in [4.69, 9.17) is 15.2 Å². The lowest BCUT2D eigenvalue weighted by molar-refractivity contribution is -0.0960. The van der Waals surface area contributed by atoms with Gasteiger partial charge >= 0.3 is 0 Å². The fraction of sp³-hybridized carbons (Fsp3) is 0.647. The molecule has 2 heterocycles. The van der Waals surface area contributed by atoms with Crippen LogP contribution >= 0.6 is 11.8 Å². The number of hydrogen-bond acceptors (Lipinski definition) is 4. The van der Waals surface area contributed by atoms with Gasteiger partial charge < -0.3 is 15.2 Å². The van der Waals surface area contributed by atoms with Crippen LogP contribution in [0.1, 0.15) is 30.4 Å². The fourth-order valence-electron chi connectivity index (χ4n) is 3.30. The van der Waals surface area contributed by atoms with Gasteiger partial charge in [0.2, 0.25) is 0 Å². The van der Waals surface area contributed by atoms with E-state index in [-0.39, 0.29) is 11.7 Å². The zero-order valence-electron chi connectivity index (χ0n) is 12.8. The van der Waals surface area contributed by atoms with Crippen LogP contribution in [-0.2, 0) is 11.2 Å². The van der Waals surface area contributed by atoms with Crippen molar-refractivity contribution in [1.29, 1.82) is 0 Å². The lowest BCUT2D eigenvalue weighted by atomic mass is 9.91. The molecule has 0 bridgehead atoms. The Hall–Kier alpha value is -0.710. The summed E-state index contributed by atoms with van der Waals surface area (Å²) in [4.78, 5) is 0. The van der Waals surface area contributed by atoms with Gasteiger partial charge in [-0.05, 0) is 43.7 Å². The van der Waals surface area contributed by atoms with E-state index in [0.717, 1.165) is 37.4 Å². The van der Waals surface area contributed by atoms with Crippen molar-refractivity contribution in [2.75, 3.05) is 24.7 Å². The molecule has 0 amide bonds. The van der Waals surface area contributed by atoms with Crippen LogP contribution in [0, 0.1) is 6.92 Å². The number of ether oxygens (including phenoxy) is 2. The summed E-state index contributed by atoms with van der Waals surface area (Å²) in [5.74, 6) is 3.35. The van der Waals surface area contributed by atoms with E-state index >= 15 is 0 Å². The van der Waals surface area contributed by atoms with Gasteiger partial charge in [0.15, 0.2) is 0 Å². The minimum absolute atomic E-state index is 0.0757. The average molecular weight is 307 g/mol. The topological polar surface area (TPSA) is 44.5 Å². The van der Waals surface area contributed by atoms with Crippen LogP contribution in [0.4, 0.5) is 0 Å². The molecule has 0 radical (unpaired) electrons. The third kappa shape index (κ3) is 3.55. The predicted octanol–water partition coefficient (Wildman–Crippen LogP) is 2.93. The van der Waals surface area contributed by atoms with Crippen LogP contribution in [0.3, 0.4) is 0 Å². The van der Waals surface area contributed by atoms with Gasteiger partial charge in [0, 0.05) is 18.6 Å². The normalized spacial score (nSPS) is 29.0. The van der Waals surface area contributed by atoms with Gasteiger partial charge in [0.1, 0.15) is 11.9 Å². The van der Waals surface area contributed by atoms with Crippen LogP contribution in [0.2, 0.25) is 0 Å². The molecule has 4 heteroatoms. The van der Waals surface area contributed by atoms with Gasteiger partial charge in [0.05, 0.1) is 12.2 Å². The monoisotopic (exact) mass is 307 g/mol. The van der Waals surface area contributed by atoms with Gasteiger partial charge in [-0.3, -0.25) is 0 Å². The summed E-state index contributed by atoms with van der Waals surface area (Å²) in [5, 5.41) is 0. The smallest absolute Gasteiger partial charge is 0.122 e. The van der Waals surface area contributed by atoms with E-state index in [0.29, 0.717) is 6.54 Å². The van der Waals surface area contributed by atoms with Crippen molar-refractivity contribution in [1.82, 2.24) is 0 Å². The van der Waals surface area contributed by atoms with E-state index < -0.39 is 0 Å². The van der Waals surface area contributed by atoms with Crippen molar-refractivity contribution in [3.63, 3.8) is 0 Å². The number of rotatable bonds is 4. The molecule has 2 N–H and O–H groups in total. The molecule has 0 saturated carbocycles.